The molecule has 0 aliphatic heterocycles. The van der Waals surface area contributed by atoms with Crippen LogP contribution in [0.15, 0.2) is 207 Å². The molecule has 0 aliphatic carbocycles. The van der Waals surface area contributed by atoms with Gasteiger partial charge in [0.2, 0.25) is 11.9 Å². The topological polar surface area (TPSA) is 71.3 Å². The van der Waals surface area contributed by atoms with Gasteiger partial charge in [-0.25, -0.2) is 19.9 Å². The molecule has 0 amide bonds. The summed E-state index contributed by atoms with van der Waals surface area (Å²) in [4.78, 5) is 19.5. The van der Waals surface area contributed by atoms with E-state index >= 15 is 0 Å². The fraction of sp³-hybridized carbons (Fsp3) is 0. The molecule has 15 rings (SSSR count). The lowest BCUT2D eigenvalue weighted by atomic mass is 9.97. The van der Waals surface area contributed by atoms with E-state index in [9.17, 15) is 0 Å². The van der Waals surface area contributed by atoms with Gasteiger partial charge in [0.1, 0.15) is 0 Å². The van der Waals surface area contributed by atoms with Crippen molar-refractivity contribution in [1.29, 1.82) is 0 Å². The molecule has 0 aliphatic rings. The monoisotopic (exact) mass is 842 g/mol. The first-order chi connectivity index (χ1) is 32.8. The van der Waals surface area contributed by atoms with Gasteiger partial charge in [-0.05, 0) is 36.4 Å². The van der Waals surface area contributed by atoms with Crippen LogP contribution in [-0.4, -0.2) is 38.2 Å². The van der Waals surface area contributed by atoms with E-state index in [2.05, 4.69) is 188 Å². The molecule has 0 radical (unpaired) electrons. The van der Waals surface area contributed by atoms with Crippen molar-refractivity contribution >= 4 is 109 Å². The zero-order chi connectivity index (χ0) is 43.0. The van der Waals surface area contributed by atoms with Crippen LogP contribution in [0.1, 0.15) is 0 Å². The Hall–Kier alpha value is -9.14. The van der Waals surface area contributed by atoms with Crippen molar-refractivity contribution < 1.29 is 0 Å². The van der Waals surface area contributed by atoms with Crippen LogP contribution in [0.4, 0.5) is 0 Å². The van der Waals surface area contributed by atoms with Crippen LogP contribution in [0.3, 0.4) is 0 Å². The van der Waals surface area contributed by atoms with Crippen molar-refractivity contribution in [2.45, 2.75) is 0 Å². The Morgan fingerprint density at radius 2 is 0.455 bits per heavy atom. The Morgan fingerprint density at radius 1 is 0.212 bits per heavy atom. The van der Waals surface area contributed by atoms with E-state index in [1.165, 1.54) is 10.8 Å². The van der Waals surface area contributed by atoms with Crippen LogP contribution >= 0.6 is 0 Å². The molecule has 0 saturated carbocycles. The van der Waals surface area contributed by atoms with Gasteiger partial charge in [-0.3, -0.25) is 9.13 Å². The third-order valence-electron chi connectivity index (χ3n) is 13.8. The lowest BCUT2D eigenvalue weighted by Gasteiger charge is -2.21. The first kappa shape index (κ1) is 35.3. The van der Waals surface area contributed by atoms with Gasteiger partial charge in [0.25, 0.3) is 0 Å². The van der Waals surface area contributed by atoms with Crippen LogP contribution in [0.2, 0.25) is 0 Å². The Morgan fingerprint density at radius 3 is 0.758 bits per heavy atom. The maximum Gasteiger partial charge on any atom is 0.234 e. The predicted molar refractivity (Wildman–Crippen MR) is 270 cm³/mol. The molecule has 66 heavy (non-hydrogen) atoms. The summed E-state index contributed by atoms with van der Waals surface area (Å²) in [6, 6.07) is 65.7. The molecule has 0 fully saturated rings. The summed E-state index contributed by atoms with van der Waals surface area (Å²) >= 11 is 0. The number of nitrogens with zero attached hydrogens (tertiary/aromatic N) is 8. The molecule has 0 N–H and O–H groups in total. The Labute approximate surface area is 375 Å². The van der Waals surface area contributed by atoms with Gasteiger partial charge < -0.3 is 9.13 Å². The lowest BCUT2D eigenvalue weighted by Crippen LogP contribution is -2.05. The third kappa shape index (κ3) is 4.56. The Balaban J connectivity index is 1.16. The average molecular weight is 843 g/mol. The van der Waals surface area contributed by atoms with Crippen LogP contribution in [0, 0.1) is 0 Å². The minimum Gasteiger partial charge on any atom is -0.306 e. The Kier molecular flexibility index (Phi) is 7.07. The average Bonchev–Trinajstić information content (AvgIpc) is 4.11. The highest BCUT2D eigenvalue weighted by molar-refractivity contribution is 6.28. The quantitative estimate of drug-likeness (QED) is 0.165. The van der Waals surface area contributed by atoms with Crippen molar-refractivity contribution in [1.82, 2.24) is 38.2 Å². The number of aromatic nitrogens is 8. The SMILES string of the molecule is c1cnc(-n2c3ccccc3c3ccc4c5ccccc5n(-c5c6ccccc6c(-n6c7ccccc7c7ccc8c9ccccc9n(-c9ncccn9)c8c76)c6ccccc56)c4c32)nc1. The molecule has 6 aromatic heterocycles. The lowest BCUT2D eigenvalue weighted by molar-refractivity contribution is 0.988. The van der Waals surface area contributed by atoms with Crippen LogP contribution in [0.5, 0.6) is 0 Å². The minimum absolute atomic E-state index is 0.633. The standard InChI is InChI=1S/C58H34N8/c1-2-20-40-39(19-1)51(63-47-23-9-5-15-35(47)43-27-29-45-37-17-7-11-25-49(37)65(55(45)53(43)63)57-59-31-13-32-60-57)41-21-3-4-22-42(41)52(40)64-48-24-10-6-16-36(48)44-28-30-46-38-18-8-12-26-50(38)66(56(46)54(44)64)58-61-33-14-34-62-58/h1-34H. The number of fused-ring (bicyclic) bond motifs is 16. The number of para-hydroxylation sites is 4. The van der Waals surface area contributed by atoms with E-state index < -0.39 is 0 Å². The largest absolute Gasteiger partial charge is 0.306 e. The summed E-state index contributed by atoms with van der Waals surface area (Å²) in [5.74, 6) is 1.27. The summed E-state index contributed by atoms with van der Waals surface area (Å²) in [7, 11) is 0. The number of hydrogen-bond donors (Lipinski definition) is 0. The molecule has 0 saturated heterocycles. The van der Waals surface area contributed by atoms with Gasteiger partial charge in [0.15, 0.2) is 0 Å². The molecule has 0 atom stereocenters. The van der Waals surface area contributed by atoms with Gasteiger partial charge in [0, 0.05) is 89.4 Å². The third-order valence-corrected chi connectivity index (χ3v) is 13.8. The van der Waals surface area contributed by atoms with E-state index in [-0.39, 0.29) is 0 Å². The van der Waals surface area contributed by atoms with Crippen molar-refractivity contribution in [2.75, 3.05) is 0 Å². The molecule has 9 aromatic carbocycles. The number of benzene rings is 9. The van der Waals surface area contributed by atoms with E-state index in [0.717, 1.165) is 109 Å². The number of hydrogen-bond acceptors (Lipinski definition) is 4. The summed E-state index contributed by atoms with van der Waals surface area (Å²) < 4.78 is 9.54. The smallest absolute Gasteiger partial charge is 0.234 e. The first-order valence-corrected chi connectivity index (χ1v) is 22.2. The van der Waals surface area contributed by atoms with Crippen molar-refractivity contribution in [3.8, 4) is 23.3 Å². The fourth-order valence-electron chi connectivity index (χ4n) is 11.3. The zero-order valence-electron chi connectivity index (χ0n) is 35.2. The van der Waals surface area contributed by atoms with E-state index in [0.29, 0.717) is 11.9 Å². The summed E-state index contributed by atoms with van der Waals surface area (Å²) in [5, 5.41) is 13.8. The van der Waals surface area contributed by atoms with Gasteiger partial charge in [0.05, 0.1) is 55.5 Å². The molecule has 306 valence electrons. The highest BCUT2D eigenvalue weighted by Crippen LogP contribution is 2.48. The molecular formula is C58H34N8. The molecule has 0 unspecified atom stereocenters. The van der Waals surface area contributed by atoms with E-state index in [1.807, 2.05) is 36.9 Å². The second-order valence-electron chi connectivity index (χ2n) is 17.0. The van der Waals surface area contributed by atoms with Crippen LogP contribution < -0.4 is 0 Å². The summed E-state index contributed by atoms with van der Waals surface area (Å²) in [5.41, 5.74) is 10.9. The predicted octanol–water partition coefficient (Wildman–Crippen LogP) is 14.0. The van der Waals surface area contributed by atoms with E-state index in [1.54, 1.807) is 0 Å². The second-order valence-corrected chi connectivity index (χ2v) is 17.0. The van der Waals surface area contributed by atoms with Gasteiger partial charge >= 0.3 is 0 Å². The molecular weight excluding hydrogens is 809 g/mol. The summed E-state index contributed by atoms with van der Waals surface area (Å²) in [6.07, 6.45) is 7.31. The maximum absolute atomic E-state index is 4.87. The fourth-order valence-corrected chi connectivity index (χ4v) is 11.3. The van der Waals surface area contributed by atoms with Gasteiger partial charge in [-0.2, -0.15) is 0 Å². The zero-order valence-corrected chi connectivity index (χ0v) is 35.2. The molecule has 0 spiro atoms. The highest BCUT2D eigenvalue weighted by Gasteiger charge is 2.28. The van der Waals surface area contributed by atoms with Crippen molar-refractivity contribution in [3.63, 3.8) is 0 Å². The maximum atomic E-state index is 4.87. The normalized spacial score (nSPS) is 12.2. The Bertz CT molecular complexity index is 4170. The highest BCUT2D eigenvalue weighted by atomic mass is 15.2. The van der Waals surface area contributed by atoms with E-state index in [4.69, 9.17) is 19.9 Å². The molecule has 15 aromatic rings. The second kappa shape index (κ2) is 13.2. The minimum atomic E-state index is 0.633. The number of rotatable bonds is 4. The van der Waals surface area contributed by atoms with Crippen molar-refractivity contribution in [3.05, 3.63) is 207 Å². The molecule has 8 heteroatoms. The van der Waals surface area contributed by atoms with Crippen molar-refractivity contribution in [2.24, 2.45) is 0 Å². The van der Waals surface area contributed by atoms with Gasteiger partial charge in [-0.15, -0.1) is 0 Å². The van der Waals surface area contributed by atoms with Crippen LogP contribution in [0.25, 0.3) is 132 Å². The van der Waals surface area contributed by atoms with Crippen LogP contribution in [-0.2, 0) is 0 Å². The summed E-state index contributed by atoms with van der Waals surface area (Å²) in [6.45, 7) is 0. The molecule has 0 bridgehead atoms. The molecule has 6 heterocycles. The molecule has 8 nitrogen and oxygen atoms in total. The first-order valence-electron chi connectivity index (χ1n) is 22.2. The van der Waals surface area contributed by atoms with Gasteiger partial charge in [-0.1, -0.05) is 146 Å².